The molecule has 0 radical (unpaired) electrons. The highest BCUT2D eigenvalue weighted by atomic mass is 32.2. The number of rotatable bonds is 7. The van der Waals surface area contributed by atoms with Gasteiger partial charge in [-0.15, -0.1) is 11.8 Å². The monoisotopic (exact) mass is 301 g/mol. The summed E-state index contributed by atoms with van der Waals surface area (Å²) >= 11 is 1.90. The van der Waals surface area contributed by atoms with Crippen LogP contribution in [0, 0.1) is 6.92 Å². The minimum Gasteiger partial charge on any atom is -0.497 e. The van der Waals surface area contributed by atoms with Gasteiger partial charge >= 0.3 is 0 Å². The quantitative estimate of drug-likeness (QED) is 0.764. The number of thioether (sulfide) groups is 1. The van der Waals surface area contributed by atoms with Gasteiger partial charge in [-0.2, -0.15) is 0 Å². The number of hydrogen-bond acceptors (Lipinski definition) is 3. The van der Waals surface area contributed by atoms with E-state index in [2.05, 4.69) is 61.6 Å². The molecule has 0 spiro atoms. The molecule has 0 bridgehead atoms. The van der Waals surface area contributed by atoms with E-state index in [1.165, 1.54) is 16.0 Å². The standard InChI is InChI=1S/C18H23NOS/c1-4-19-17(15-9-7-10-16(12-15)20-3)13-21-18-11-6-5-8-14(18)2/h5-12,17,19H,4,13H2,1-3H3. The number of aryl methyl sites for hydroxylation is 1. The number of methoxy groups -OCH3 is 1. The van der Waals surface area contributed by atoms with Crippen molar-refractivity contribution in [1.82, 2.24) is 5.32 Å². The van der Waals surface area contributed by atoms with Crippen LogP contribution in [0.3, 0.4) is 0 Å². The van der Waals surface area contributed by atoms with Crippen LogP contribution in [0.4, 0.5) is 0 Å². The molecule has 0 aliphatic heterocycles. The Labute approximate surface area is 131 Å². The van der Waals surface area contributed by atoms with Crippen molar-refractivity contribution in [2.45, 2.75) is 24.8 Å². The summed E-state index contributed by atoms with van der Waals surface area (Å²) in [5, 5.41) is 3.56. The van der Waals surface area contributed by atoms with Gasteiger partial charge in [0.25, 0.3) is 0 Å². The Morgan fingerprint density at radius 1 is 1.14 bits per heavy atom. The third-order valence-electron chi connectivity index (χ3n) is 3.45. The van der Waals surface area contributed by atoms with Crippen LogP contribution in [0.25, 0.3) is 0 Å². The topological polar surface area (TPSA) is 21.3 Å². The van der Waals surface area contributed by atoms with E-state index in [-0.39, 0.29) is 0 Å². The second kappa shape index (κ2) is 8.11. The summed E-state index contributed by atoms with van der Waals surface area (Å²) in [4.78, 5) is 1.35. The molecular formula is C18H23NOS. The van der Waals surface area contributed by atoms with Crippen molar-refractivity contribution in [2.75, 3.05) is 19.4 Å². The average molecular weight is 301 g/mol. The number of nitrogens with one attached hydrogen (secondary N) is 1. The molecule has 2 aromatic carbocycles. The van der Waals surface area contributed by atoms with Gasteiger partial charge in [0, 0.05) is 16.7 Å². The SMILES string of the molecule is CCNC(CSc1ccccc1C)c1cccc(OC)c1. The van der Waals surface area contributed by atoms with Gasteiger partial charge in [-0.05, 0) is 42.8 Å². The lowest BCUT2D eigenvalue weighted by molar-refractivity contribution is 0.413. The zero-order valence-corrected chi connectivity index (χ0v) is 13.7. The van der Waals surface area contributed by atoms with E-state index in [4.69, 9.17) is 4.74 Å². The zero-order chi connectivity index (χ0) is 15.1. The van der Waals surface area contributed by atoms with Crippen molar-refractivity contribution >= 4 is 11.8 Å². The number of hydrogen-bond donors (Lipinski definition) is 1. The fraction of sp³-hybridized carbons (Fsp3) is 0.333. The zero-order valence-electron chi connectivity index (χ0n) is 12.9. The summed E-state index contributed by atoms with van der Waals surface area (Å²) in [6, 6.07) is 17.2. The summed E-state index contributed by atoms with van der Waals surface area (Å²) < 4.78 is 5.33. The summed E-state index contributed by atoms with van der Waals surface area (Å²) in [6.45, 7) is 5.26. The first kappa shape index (κ1) is 15.9. The highest BCUT2D eigenvalue weighted by molar-refractivity contribution is 7.99. The largest absolute Gasteiger partial charge is 0.497 e. The van der Waals surface area contributed by atoms with Crippen LogP contribution in [0.15, 0.2) is 53.4 Å². The summed E-state index contributed by atoms with van der Waals surface area (Å²) in [6.07, 6.45) is 0. The van der Waals surface area contributed by atoms with E-state index in [1.807, 2.05) is 17.8 Å². The average Bonchev–Trinajstić information content (AvgIpc) is 2.53. The van der Waals surface area contributed by atoms with Crippen LogP contribution in [0.2, 0.25) is 0 Å². The summed E-state index contributed by atoms with van der Waals surface area (Å²) in [5.41, 5.74) is 2.61. The molecular weight excluding hydrogens is 278 g/mol. The van der Waals surface area contributed by atoms with E-state index in [0.29, 0.717) is 6.04 Å². The predicted molar refractivity (Wildman–Crippen MR) is 91.3 cm³/mol. The molecule has 21 heavy (non-hydrogen) atoms. The van der Waals surface area contributed by atoms with Crippen molar-refractivity contribution < 1.29 is 4.74 Å². The Balaban J connectivity index is 2.10. The molecule has 3 heteroatoms. The fourth-order valence-corrected chi connectivity index (χ4v) is 3.40. The maximum atomic E-state index is 5.33. The van der Waals surface area contributed by atoms with Crippen LogP contribution in [0.5, 0.6) is 5.75 Å². The van der Waals surface area contributed by atoms with Crippen LogP contribution in [-0.2, 0) is 0 Å². The molecule has 2 aromatic rings. The van der Waals surface area contributed by atoms with Crippen molar-refractivity contribution in [3.63, 3.8) is 0 Å². The minimum absolute atomic E-state index is 0.328. The second-order valence-corrected chi connectivity index (χ2v) is 6.03. The first-order valence-corrected chi connectivity index (χ1v) is 8.29. The minimum atomic E-state index is 0.328. The maximum absolute atomic E-state index is 5.33. The van der Waals surface area contributed by atoms with Gasteiger partial charge < -0.3 is 10.1 Å². The Bertz CT molecular complexity index is 571. The van der Waals surface area contributed by atoms with Crippen LogP contribution >= 0.6 is 11.8 Å². The van der Waals surface area contributed by atoms with Gasteiger partial charge in [0.2, 0.25) is 0 Å². The van der Waals surface area contributed by atoms with E-state index in [9.17, 15) is 0 Å². The fourth-order valence-electron chi connectivity index (χ4n) is 2.27. The molecule has 1 N–H and O–H groups in total. The van der Waals surface area contributed by atoms with Gasteiger partial charge in [-0.25, -0.2) is 0 Å². The van der Waals surface area contributed by atoms with E-state index >= 15 is 0 Å². The first-order chi connectivity index (χ1) is 10.2. The Morgan fingerprint density at radius 2 is 1.95 bits per heavy atom. The van der Waals surface area contributed by atoms with Crippen LogP contribution in [0.1, 0.15) is 24.1 Å². The van der Waals surface area contributed by atoms with Crippen molar-refractivity contribution in [3.05, 3.63) is 59.7 Å². The van der Waals surface area contributed by atoms with Crippen molar-refractivity contribution in [3.8, 4) is 5.75 Å². The molecule has 0 aliphatic carbocycles. The van der Waals surface area contributed by atoms with Gasteiger partial charge in [-0.1, -0.05) is 37.3 Å². The molecule has 0 heterocycles. The molecule has 0 amide bonds. The molecule has 1 atom stereocenters. The number of benzene rings is 2. The summed E-state index contributed by atoms with van der Waals surface area (Å²) in [5.74, 6) is 1.92. The first-order valence-electron chi connectivity index (χ1n) is 7.30. The molecule has 0 fully saturated rings. The van der Waals surface area contributed by atoms with Gasteiger partial charge in [-0.3, -0.25) is 0 Å². The lowest BCUT2D eigenvalue weighted by Gasteiger charge is -2.19. The predicted octanol–water partition coefficient (Wildman–Crippen LogP) is 4.45. The van der Waals surface area contributed by atoms with Gasteiger partial charge in [0.1, 0.15) is 5.75 Å². The Kier molecular flexibility index (Phi) is 6.15. The smallest absolute Gasteiger partial charge is 0.119 e. The van der Waals surface area contributed by atoms with E-state index in [0.717, 1.165) is 18.0 Å². The third-order valence-corrected chi connectivity index (χ3v) is 4.71. The molecule has 112 valence electrons. The molecule has 0 saturated carbocycles. The molecule has 0 aliphatic rings. The van der Waals surface area contributed by atoms with Crippen LogP contribution < -0.4 is 10.1 Å². The highest BCUT2D eigenvalue weighted by Gasteiger charge is 2.12. The number of ether oxygens (including phenoxy) is 1. The highest BCUT2D eigenvalue weighted by Crippen LogP contribution is 2.28. The van der Waals surface area contributed by atoms with Crippen molar-refractivity contribution in [2.24, 2.45) is 0 Å². The van der Waals surface area contributed by atoms with Crippen LogP contribution in [-0.4, -0.2) is 19.4 Å². The van der Waals surface area contributed by atoms with Gasteiger partial charge in [0.15, 0.2) is 0 Å². The summed E-state index contributed by atoms with van der Waals surface area (Å²) in [7, 11) is 1.71. The molecule has 0 aromatic heterocycles. The van der Waals surface area contributed by atoms with E-state index < -0.39 is 0 Å². The third kappa shape index (κ3) is 4.51. The second-order valence-electron chi connectivity index (χ2n) is 4.96. The lowest BCUT2D eigenvalue weighted by atomic mass is 10.1. The van der Waals surface area contributed by atoms with E-state index in [1.54, 1.807) is 7.11 Å². The Hall–Kier alpha value is -1.45. The molecule has 2 nitrogen and oxygen atoms in total. The Morgan fingerprint density at radius 3 is 2.67 bits per heavy atom. The molecule has 1 unspecified atom stereocenters. The normalized spacial score (nSPS) is 12.1. The molecule has 0 saturated heterocycles. The van der Waals surface area contributed by atoms with Crippen molar-refractivity contribution in [1.29, 1.82) is 0 Å². The van der Waals surface area contributed by atoms with Gasteiger partial charge in [0.05, 0.1) is 7.11 Å². The maximum Gasteiger partial charge on any atom is 0.119 e. The lowest BCUT2D eigenvalue weighted by Crippen LogP contribution is -2.23. The molecule has 2 rings (SSSR count).